The molecule has 26 nitrogen and oxygen atoms in total. The van der Waals surface area contributed by atoms with Gasteiger partial charge in [0.25, 0.3) is 0 Å². The van der Waals surface area contributed by atoms with Gasteiger partial charge < -0.3 is 75.9 Å². The highest BCUT2D eigenvalue weighted by atomic mass is 127. The number of primary amides is 3. The molecule has 29 heteroatoms. The van der Waals surface area contributed by atoms with Gasteiger partial charge in [0.2, 0.25) is 65.0 Å². The van der Waals surface area contributed by atoms with Crippen LogP contribution in [0.3, 0.4) is 0 Å². The molecule has 6 atom stereocenters. The summed E-state index contributed by atoms with van der Waals surface area (Å²) in [6, 6.07) is 4.41. The molecule has 1 aliphatic heterocycles. The third-order valence-electron chi connectivity index (χ3n) is 12.5. The first-order valence-electron chi connectivity index (χ1n) is 25.0. The van der Waals surface area contributed by atoms with Gasteiger partial charge in [-0.2, -0.15) is 0 Å². The van der Waals surface area contributed by atoms with Gasteiger partial charge in [0, 0.05) is 49.8 Å². The van der Waals surface area contributed by atoms with Gasteiger partial charge in [-0.25, -0.2) is 0 Å². The Labute approximate surface area is 472 Å². The van der Waals surface area contributed by atoms with E-state index < -0.39 is 138 Å². The normalized spacial score (nSPS) is 20.9. The third-order valence-corrected chi connectivity index (χ3v) is 16.7. The highest BCUT2D eigenvalue weighted by Gasteiger charge is 2.39. The Morgan fingerprint density at radius 2 is 1.40 bits per heavy atom. The number of amides is 11. The zero-order valence-electron chi connectivity index (χ0n) is 43.0. The van der Waals surface area contributed by atoms with Crippen molar-refractivity contribution in [2.24, 2.45) is 33.7 Å². The van der Waals surface area contributed by atoms with E-state index in [-0.39, 0.29) is 56.1 Å². The molecule has 0 aromatic heterocycles. The molecule has 426 valence electrons. The number of benzene rings is 2. The van der Waals surface area contributed by atoms with Crippen molar-refractivity contribution in [2.45, 2.75) is 124 Å². The number of nitrogens with one attached hydrogen (secondary N) is 7. The number of hydrogen-bond acceptors (Lipinski definition) is 15. The van der Waals surface area contributed by atoms with Crippen LogP contribution >= 0.6 is 44.2 Å². The number of halogens is 1. The van der Waals surface area contributed by atoms with Crippen molar-refractivity contribution in [3.05, 3.63) is 63.2 Å². The minimum Gasteiger partial charge on any atom is -0.507 e. The molecule has 2 aliphatic rings. The maximum Gasteiger partial charge on any atom is 0.246 e. The Morgan fingerprint density at radius 3 is 2.03 bits per heavy atom. The van der Waals surface area contributed by atoms with Crippen LogP contribution in [0, 0.1) is 3.57 Å². The summed E-state index contributed by atoms with van der Waals surface area (Å²) in [6.07, 6.45) is 1.62. The molecule has 1 saturated carbocycles. The van der Waals surface area contributed by atoms with Crippen molar-refractivity contribution in [1.29, 1.82) is 0 Å². The predicted molar refractivity (Wildman–Crippen MR) is 299 cm³/mol. The standard InChI is InChI=1S/C49H69IN14O12S2/c1-64(25-41(70)58-30(11-8-18-56-48(54)55)42(71)57-24-39(53)68)47(76)35-26-77-78-49(16-6-3-7-17-49)23-40(69)59-32(21-28-12-14-36(65)29(50)19-28)44(73)61-33(20-27-9-4-2-5-10-27)45(74)60-31(13-15-37(51)66)43(72)62-34(22-38(52)67)46(75)63-35/h2,4-5,9-10,12,14,19,30-35,65H,3,6-8,11,13,15-18,20-26H2,1H3,(H2,51,66)(H2,52,67)(H2,53,68)(H,57,71)(H,58,70)(H,59,69)(H,60,74)(H,61,73)(H,62,72)(H,63,75)(H4,54,55,56)/t30-,31-,32-,33-,34-,35-/m0/s1. The minimum atomic E-state index is -1.79. The molecule has 1 aliphatic carbocycles. The summed E-state index contributed by atoms with van der Waals surface area (Å²) in [6.45, 7) is -1.12. The molecule has 0 bridgehead atoms. The first-order chi connectivity index (χ1) is 36.9. The average molecular weight is 1240 g/mol. The molecule has 11 amide bonds. The number of aliphatic imine (C=N–C) groups is 1. The van der Waals surface area contributed by atoms with Crippen LogP contribution in [0.5, 0.6) is 5.75 Å². The number of carbonyl (C=O) groups excluding carboxylic acids is 11. The number of rotatable bonds is 20. The van der Waals surface area contributed by atoms with Crippen LogP contribution in [0.4, 0.5) is 0 Å². The first kappa shape index (κ1) is 63.6. The number of phenols is 1. The number of phenolic OH excluding ortho intramolecular Hbond substituents is 1. The zero-order valence-corrected chi connectivity index (χ0v) is 46.8. The Bertz CT molecular complexity index is 2540. The average Bonchev–Trinajstić information content (AvgIpc) is 3.38. The highest BCUT2D eigenvalue weighted by Crippen LogP contribution is 2.48. The second-order valence-electron chi connectivity index (χ2n) is 19.0. The van der Waals surface area contributed by atoms with E-state index in [2.05, 4.69) is 42.2 Å². The van der Waals surface area contributed by atoms with E-state index in [0.29, 0.717) is 27.5 Å². The molecule has 78 heavy (non-hydrogen) atoms. The fraction of sp³-hybridized carbons (Fsp3) is 0.510. The topological polar surface area (TPSA) is 438 Å². The molecular formula is C49H69IN14O12S2. The lowest BCUT2D eigenvalue weighted by atomic mass is 9.85. The van der Waals surface area contributed by atoms with Crippen molar-refractivity contribution < 1.29 is 57.8 Å². The van der Waals surface area contributed by atoms with Crippen LogP contribution in [0.1, 0.15) is 81.8 Å². The number of likely N-dealkylation sites (N-methyl/N-ethyl adjacent to an activating group) is 1. The summed E-state index contributed by atoms with van der Waals surface area (Å²) >= 11 is 1.93. The Kier molecular flexibility index (Phi) is 25.7. The maximum absolute atomic E-state index is 14.6. The van der Waals surface area contributed by atoms with Gasteiger partial charge in [-0.15, -0.1) is 0 Å². The lowest BCUT2D eigenvalue weighted by Crippen LogP contribution is -2.60. The highest BCUT2D eigenvalue weighted by molar-refractivity contribution is 14.1. The summed E-state index contributed by atoms with van der Waals surface area (Å²) in [5.74, 6) is -9.98. The Hall–Kier alpha value is -6.89. The monoisotopic (exact) mass is 1240 g/mol. The number of guanidine groups is 1. The van der Waals surface area contributed by atoms with E-state index in [4.69, 9.17) is 28.7 Å². The number of hydrogen-bond donors (Lipinski definition) is 13. The molecule has 0 unspecified atom stereocenters. The fourth-order valence-corrected chi connectivity index (χ4v) is 12.5. The van der Waals surface area contributed by atoms with Gasteiger partial charge in [0.05, 0.1) is 23.1 Å². The van der Waals surface area contributed by atoms with E-state index in [1.807, 2.05) is 22.6 Å². The van der Waals surface area contributed by atoms with Crippen molar-refractivity contribution >= 4 is 115 Å². The molecule has 18 N–H and O–H groups in total. The number of nitrogens with zero attached hydrogens (tertiary/aromatic N) is 2. The van der Waals surface area contributed by atoms with Crippen molar-refractivity contribution in [3.63, 3.8) is 0 Å². The number of carbonyl (C=O) groups is 11. The summed E-state index contributed by atoms with van der Waals surface area (Å²) in [5.41, 5.74) is 28.2. The van der Waals surface area contributed by atoms with E-state index >= 15 is 0 Å². The second kappa shape index (κ2) is 31.5. The van der Waals surface area contributed by atoms with Gasteiger partial charge in [0.15, 0.2) is 5.96 Å². The van der Waals surface area contributed by atoms with Crippen LogP contribution in [0.25, 0.3) is 0 Å². The molecule has 1 heterocycles. The molecule has 1 saturated heterocycles. The van der Waals surface area contributed by atoms with Gasteiger partial charge in [-0.05, 0) is 78.0 Å². The van der Waals surface area contributed by atoms with Crippen LogP contribution in [-0.2, 0) is 65.6 Å². The van der Waals surface area contributed by atoms with Crippen molar-refractivity contribution in [2.75, 3.05) is 32.4 Å². The van der Waals surface area contributed by atoms with E-state index in [1.54, 1.807) is 42.5 Å². The Balaban J connectivity index is 1.76. The maximum atomic E-state index is 14.6. The largest absolute Gasteiger partial charge is 0.507 e. The van der Waals surface area contributed by atoms with Crippen LogP contribution in [0.2, 0.25) is 0 Å². The molecule has 2 aromatic rings. The van der Waals surface area contributed by atoms with Crippen LogP contribution in [-0.4, -0.2) is 154 Å². The summed E-state index contributed by atoms with van der Waals surface area (Å²) < 4.78 is -0.292. The van der Waals surface area contributed by atoms with E-state index in [9.17, 15) is 57.8 Å². The van der Waals surface area contributed by atoms with Gasteiger partial charge in [-0.1, -0.05) is 77.2 Å². The molecule has 4 rings (SSSR count). The quantitative estimate of drug-likeness (QED) is 0.0213. The van der Waals surface area contributed by atoms with Gasteiger partial charge >= 0.3 is 0 Å². The lowest BCUT2D eigenvalue weighted by Gasteiger charge is -2.36. The SMILES string of the molecule is CN(CC(=O)N[C@@H](CCCN=C(N)N)C(=O)NCC(N)=O)C(=O)[C@@H]1CSSC2(CCCCC2)CC(=O)N[C@@H](Cc2ccc(O)c(I)c2)C(=O)N[C@@H](Cc2ccccc2)C(=O)N[C@@H](CCC(N)=O)C(=O)N[C@@H](CC(N)=O)C(=O)N1. The van der Waals surface area contributed by atoms with Gasteiger partial charge in [-0.3, -0.25) is 57.7 Å². The summed E-state index contributed by atoms with van der Waals surface area (Å²) in [7, 11) is 3.68. The number of nitrogens with two attached hydrogens (primary N) is 5. The minimum absolute atomic E-state index is 0.00288. The van der Waals surface area contributed by atoms with Crippen LogP contribution < -0.4 is 65.9 Å². The van der Waals surface area contributed by atoms with E-state index in [0.717, 1.165) is 35.0 Å². The fourth-order valence-electron chi connectivity index (χ4n) is 8.53. The zero-order chi connectivity index (χ0) is 57.5. The molecular weight excluding hydrogens is 1170 g/mol. The molecule has 2 fully saturated rings. The predicted octanol–water partition coefficient (Wildman–Crippen LogP) is -2.57. The van der Waals surface area contributed by atoms with Gasteiger partial charge in [0.1, 0.15) is 42.0 Å². The Morgan fingerprint density at radius 1 is 0.782 bits per heavy atom. The first-order valence-corrected chi connectivity index (χ1v) is 28.4. The third kappa shape index (κ3) is 21.9. The second-order valence-corrected chi connectivity index (χ2v) is 22.9. The van der Waals surface area contributed by atoms with E-state index in [1.165, 1.54) is 23.9 Å². The molecule has 2 aromatic carbocycles. The smallest absolute Gasteiger partial charge is 0.246 e. The van der Waals surface area contributed by atoms with Crippen LogP contribution in [0.15, 0.2) is 53.5 Å². The van der Waals surface area contributed by atoms with Crippen molar-refractivity contribution in [3.8, 4) is 5.75 Å². The number of aromatic hydroxyl groups is 1. The summed E-state index contributed by atoms with van der Waals surface area (Å²) in [5, 5.41) is 28.3. The lowest BCUT2D eigenvalue weighted by molar-refractivity contribution is -0.139. The summed E-state index contributed by atoms with van der Waals surface area (Å²) in [4.78, 5) is 154. The molecule has 0 radical (unpaired) electrons. The molecule has 1 spiro atoms. The van der Waals surface area contributed by atoms with Crippen molar-refractivity contribution in [1.82, 2.24) is 42.1 Å².